The molecule has 1 amide bonds. The number of sulfone groups is 1. The highest BCUT2D eigenvalue weighted by atomic mass is 32.2. The van der Waals surface area contributed by atoms with E-state index in [2.05, 4.69) is 0 Å². The molecule has 0 aromatic rings. The zero-order valence-corrected chi connectivity index (χ0v) is 9.16. The van der Waals surface area contributed by atoms with Gasteiger partial charge in [0.1, 0.15) is 9.84 Å². The molecule has 6 nitrogen and oxygen atoms in total. The number of carbonyl (C=O) groups excluding carboxylic acids is 1. The number of rotatable bonds is 4. The van der Waals surface area contributed by atoms with Crippen LogP contribution in [0.5, 0.6) is 0 Å². The summed E-state index contributed by atoms with van der Waals surface area (Å²) in [4.78, 5) is 23.2. The second-order valence-corrected chi connectivity index (χ2v) is 5.97. The van der Waals surface area contributed by atoms with Crippen molar-refractivity contribution < 1.29 is 23.1 Å². The highest BCUT2D eigenvalue weighted by Crippen LogP contribution is 2.17. The third-order valence-corrected chi connectivity index (χ3v) is 3.22. The maximum absolute atomic E-state index is 11.3. The van der Waals surface area contributed by atoms with Gasteiger partial charge >= 0.3 is 5.97 Å². The molecule has 1 heterocycles. The first-order valence-corrected chi connectivity index (χ1v) is 6.54. The molecule has 1 aliphatic heterocycles. The minimum atomic E-state index is -3.11. The minimum Gasteiger partial charge on any atom is -0.481 e. The fourth-order valence-corrected chi connectivity index (χ4v) is 1.98. The van der Waals surface area contributed by atoms with E-state index in [4.69, 9.17) is 5.11 Å². The first-order chi connectivity index (χ1) is 6.79. The maximum Gasteiger partial charge on any atom is 0.308 e. The molecule has 1 saturated heterocycles. The number of likely N-dealkylation sites (tertiary alicyclic amines) is 1. The number of carbonyl (C=O) groups is 2. The van der Waals surface area contributed by atoms with Gasteiger partial charge in [-0.2, -0.15) is 0 Å². The Labute approximate surface area is 87.8 Å². The molecular weight excluding hydrogens is 222 g/mol. The molecule has 1 fully saturated rings. The van der Waals surface area contributed by atoms with Gasteiger partial charge in [-0.3, -0.25) is 9.59 Å². The van der Waals surface area contributed by atoms with Crippen molar-refractivity contribution in [3.63, 3.8) is 0 Å². The van der Waals surface area contributed by atoms with Crippen molar-refractivity contribution in [1.29, 1.82) is 0 Å². The monoisotopic (exact) mass is 235 g/mol. The Morgan fingerprint density at radius 3 is 2.60 bits per heavy atom. The topological polar surface area (TPSA) is 91.8 Å². The third kappa shape index (κ3) is 3.50. The third-order valence-electron chi connectivity index (χ3n) is 2.30. The van der Waals surface area contributed by atoms with Crippen LogP contribution in [0, 0.1) is 5.92 Å². The fraction of sp³-hybridized carbons (Fsp3) is 0.750. The Morgan fingerprint density at radius 2 is 2.20 bits per heavy atom. The number of amides is 1. The molecule has 1 unspecified atom stereocenters. The number of aliphatic carboxylic acids is 1. The molecule has 0 aliphatic carbocycles. The predicted molar refractivity (Wildman–Crippen MR) is 52.0 cm³/mol. The summed E-state index contributed by atoms with van der Waals surface area (Å²) in [5.41, 5.74) is 0. The lowest BCUT2D eigenvalue weighted by molar-refractivity contribution is -0.141. The molecule has 1 rings (SSSR count). The quantitative estimate of drug-likeness (QED) is 0.672. The molecule has 7 heteroatoms. The number of carboxylic acid groups (broad SMARTS) is 1. The standard InChI is InChI=1S/C8H13NO5S/c1-15(13,14)3-2-9-5-6(8(11)12)4-7(9)10/h6H,2-5H2,1H3,(H,11,12). The number of carboxylic acids is 1. The van der Waals surface area contributed by atoms with Crippen molar-refractivity contribution in [2.75, 3.05) is 25.1 Å². The van der Waals surface area contributed by atoms with Gasteiger partial charge in [-0.15, -0.1) is 0 Å². The van der Waals surface area contributed by atoms with E-state index < -0.39 is 21.7 Å². The Hall–Kier alpha value is -1.11. The van der Waals surface area contributed by atoms with Crippen molar-refractivity contribution in [2.45, 2.75) is 6.42 Å². The van der Waals surface area contributed by atoms with Gasteiger partial charge < -0.3 is 10.0 Å². The van der Waals surface area contributed by atoms with E-state index in [0.29, 0.717) is 0 Å². The summed E-state index contributed by atoms with van der Waals surface area (Å²) in [6, 6.07) is 0. The summed E-state index contributed by atoms with van der Waals surface area (Å²) in [5.74, 6) is -2.11. The van der Waals surface area contributed by atoms with Crippen LogP contribution in [-0.4, -0.2) is 55.4 Å². The molecule has 0 spiro atoms. The second kappa shape index (κ2) is 4.18. The summed E-state index contributed by atoms with van der Waals surface area (Å²) in [7, 11) is -3.11. The lowest BCUT2D eigenvalue weighted by Gasteiger charge is -2.14. The molecule has 0 saturated carbocycles. The molecule has 0 bridgehead atoms. The van der Waals surface area contributed by atoms with Crippen molar-refractivity contribution in [2.24, 2.45) is 5.92 Å². The van der Waals surface area contributed by atoms with E-state index in [1.54, 1.807) is 0 Å². The van der Waals surface area contributed by atoms with Crippen LogP contribution >= 0.6 is 0 Å². The van der Waals surface area contributed by atoms with Crippen LogP contribution in [0.1, 0.15) is 6.42 Å². The molecule has 1 aliphatic rings. The van der Waals surface area contributed by atoms with Gasteiger partial charge in [-0.25, -0.2) is 8.42 Å². The summed E-state index contributed by atoms with van der Waals surface area (Å²) >= 11 is 0. The van der Waals surface area contributed by atoms with Crippen LogP contribution in [-0.2, 0) is 19.4 Å². The van der Waals surface area contributed by atoms with E-state index in [9.17, 15) is 18.0 Å². The highest BCUT2D eigenvalue weighted by molar-refractivity contribution is 7.90. The van der Waals surface area contributed by atoms with Gasteiger partial charge in [-0.1, -0.05) is 0 Å². The van der Waals surface area contributed by atoms with E-state index in [0.717, 1.165) is 6.26 Å². The van der Waals surface area contributed by atoms with Crippen LogP contribution in [0.4, 0.5) is 0 Å². The second-order valence-electron chi connectivity index (χ2n) is 3.71. The van der Waals surface area contributed by atoms with Crippen molar-refractivity contribution in [3.05, 3.63) is 0 Å². The Bertz CT molecular complexity index is 374. The van der Waals surface area contributed by atoms with Crippen molar-refractivity contribution >= 4 is 21.7 Å². The SMILES string of the molecule is CS(=O)(=O)CCN1CC(C(=O)O)CC1=O. The van der Waals surface area contributed by atoms with E-state index in [-0.39, 0.29) is 31.2 Å². The van der Waals surface area contributed by atoms with E-state index >= 15 is 0 Å². The molecule has 86 valence electrons. The zero-order chi connectivity index (χ0) is 11.6. The van der Waals surface area contributed by atoms with Crippen molar-refractivity contribution in [1.82, 2.24) is 4.90 Å². The van der Waals surface area contributed by atoms with Crippen molar-refractivity contribution in [3.8, 4) is 0 Å². The van der Waals surface area contributed by atoms with E-state index in [1.807, 2.05) is 0 Å². The predicted octanol–water partition coefficient (Wildman–Crippen LogP) is -1.04. The van der Waals surface area contributed by atoms with Crippen LogP contribution < -0.4 is 0 Å². The summed E-state index contributed by atoms with van der Waals surface area (Å²) < 4.78 is 21.7. The summed E-state index contributed by atoms with van der Waals surface area (Å²) in [6.07, 6.45) is 1.06. The van der Waals surface area contributed by atoms with E-state index in [1.165, 1.54) is 4.90 Å². The Morgan fingerprint density at radius 1 is 1.60 bits per heavy atom. The van der Waals surface area contributed by atoms with Crippen LogP contribution in [0.15, 0.2) is 0 Å². The highest BCUT2D eigenvalue weighted by Gasteiger charge is 2.34. The number of hydrogen-bond donors (Lipinski definition) is 1. The molecule has 1 N–H and O–H groups in total. The first kappa shape index (κ1) is 12.0. The lowest BCUT2D eigenvalue weighted by atomic mass is 10.1. The normalized spacial score (nSPS) is 22.1. The Balaban J connectivity index is 2.52. The first-order valence-electron chi connectivity index (χ1n) is 4.48. The summed E-state index contributed by atoms with van der Waals surface area (Å²) in [5, 5.41) is 8.68. The molecule has 0 aromatic heterocycles. The number of nitrogens with zero attached hydrogens (tertiary/aromatic N) is 1. The maximum atomic E-state index is 11.3. The molecule has 0 aromatic carbocycles. The average Bonchev–Trinajstić information content (AvgIpc) is 2.42. The fourth-order valence-electron chi connectivity index (χ4n) is 1.43. The minimum absolute atomic E-state index is 0.0287. The van der Waals surface area contributed by atoms with Gasteiger partial charge in [-0.05, 0) is 0 Å². The molecular formula is C8H13NO5S. The van der Waals surface area contributed by atoms with Gasteiger partial charge in [0.05, 0.1) is 11.7 Å². The summed E-state index contributed by atoms with van der Waals surface area (Å²) in [6.45, 7) is 0.200. The van der Waals surface area contributed by atoms with Crippen LogP contribution in [0.2, 0.25) is 0 Å². The Kier molecular flexibility index (Phi) is 3.33. The smallest absolute Gasteiger partial charge is 0.308 e. The van der Waals surface area contributed by atoms with Gasteiger partial charge in [0.2, 0.25) is 5.91 Å². The van der Waals surface area contributed by atoms with Crippen LogP contribution in [0.25, 0.3) is 0 Å². The van der Waals surface area contributed by atoms with Gasteiger partial charge in [0, 0.05) is 25.8 Å². The number of hydrogen-bond acceptors (Lipinski definition) is 4. The molecule has 15 heavy (non-hydrogen) atoms. The van der Waals surface area contributed by atoms with Crippen LogP contribution in [0.3, 0.4) is 0 Å². The molecule has 0 radical (unpaired) electrons. The van der Waals surface area contributed by atoms with Gasteiger partial charge in [0.15, 0.2) is 0 Å². The zero-order valence-electron chi connectivity index (χ0n) is 8.34. The van der Waals surface area contributed by atoms with Gasteiger partial charge in [0.25, 0.3) is 0 Å². The molecule has 1 atom stereocenters. The average molecular weight is 235 g/mol. The lowest BCUT2D eigenvalue weighted by Crippen LogP contribution is -2.31. The largest absolute Gasteiger partial charge is 0.481 e.